The second kappa shape index (κ2) is 7.40. The molecule has 4 aromatic rings. The van der Waals surface area contributed by atoms with E-state index in [1.165, 1.54) is 23.5 Å². The minimum atomic E-state index is -4.72. The van der Waals surface area contributed by atoms with Crippen LogP contribution in [0.5, 0.6) is 5.75 Å². The van der Waals surface area contributed by atoms with Crippen LogP contribution in [-0.2, 0) is 6.18 Å². The molecule has 1 aromatic carbocycles. The maximum absolute atomic E-state index is 13.7. The van der Waals surface area contributed by atoms with Gasteiger partial charge in [-0.15, -0.1) is 11.3 Å². The Morgan fingerprint density at radius 3 is 2.70 bits per heavy atom. The van der Waals surface area contributed by atoms with Crippen LogP contribution in [0.2, 0.25) is 0 Å². The van der Waals surface area contributed by atoms with Gasteiger partial charge in [0.05, 0.1) is 20.7 Å². The van der Waals surface area contributed by atoms with Gasteiger partial charge in [0.25, 0.3) is 5.91 Å². The number of phenolic OH excluding ortho intramolecular Hbond substituents is 1. The average Bonchev–Trinajstić information content (AvgIpc) is 3.32. The predicted molar refractivity (Wildman–Crippen MR) is 110 cm³/mol. The van der Waals surface area contributed by atoms with Crippen molar-refractivity contribution in [2.45, 2.75) is 13.1 Å². The molecule has 0 radical (unpaired) electrons. The summed E-state index contributed by atoms with van der Waals surface area (Å²) in [5.74, 6) is -0.970. The number of aromatic nitrogens is 3. The number of rotatable bonds is 3. The number of thiophene rings is 1. The molecule has 6 nitrogen and oxygen atoms in total. The highest BCUT2D eigenvalue weighted by Gasteiger charge is 2.36. The molecule has 0 aliphatic heterocycles. The Morgan fingerprint density at radius 2 is 2.03 bits per heavy atom. The maximum Gasteiger partial charge on any atom is 0.433 e. The summed E-state index contributed by atoms with van der Waals surface area (Å²) in [6, 6.07) is 8.84. The standard InChI is InChI=1S/C19H12BrF3N4O2S/c1-9-4-5-12(28)10(7-9)25-18(29)16-15(20)17-24-11(13-3-2-6-30-13)8-14(19(21,22)23)27(17)26-16/h2-8,28H,1H3,(H,25,29). The van der Waals surface area contributed by atoms with E-state index in [2.05, 4.69) is 31.3 Å². The number of aryl methyl sites for hydroxylation is 1. The monoisotopic (exact) mass is 496 g/mol. The Bertz CT molecular complexity index is 1270. The van der Waals surface area contributed by atoms with Crippen LogP contribution >= 0.6 is 27.3 Å². The van der Waals surface area contributed by atoms with Gasteiger partial charge in [-0.25, -0.2) is 9.50 Å². The smallest absolute Gasteiger partial charge is 0.433 e. The van der Waals surface area contributed by atoms with Gasteiger partial charge in [-0.05, 0) is 58.1 Å². The number of hydrogen-bond acceptors (Lipinski definition) is 5. The number of aromatic hydroxyl groups is 1. The Labute approximate surface area is 180 Å². The van der Waals surface area contributed by atoms with Crippen molar-refractivity contribution in [2.75, 3.05) is 5.32 Å². The van der Waals surface area contributed by atoms with Gasteiger partial charge in [0.15, 0.2) is 17.0 Å². The zero-order valence-electron chi connectivity index (χ0n) is 15.2. The number of alkyl halides is 3. The molecule has 3 heterocycles. The lowest BCUT2D eigenvalue weighted by Gasteiger charge is -2.10. The number of fused-ring (bicyclic) bond motifs is 1. The zero-order valence-corrected chi connectivity index (χ0v) is 17.6. The van der Waals surface area contributed by atoms with Crippen molar-refractivity contribution in [3.05, 3.63) is 63.2 Å². The van der Waals surface area contributed by atoms with Gasteiger partial charge < -0.3 is 10.4 Å². The van der Waals surface area contributed by atoms with Crippen LogP contribution in [0.15, 0.2) is 46.3 Å². The number of nitrogens with zero attached hydrogens (tertiary/aromatic N) is 3. The summed E-state index contributed by atoms with van der Waals surface area (Å²) in [4.78, 5) is 17.5. The highest BCUT2D eigenvalue weighted by atomic mass is 79.9. The molecule has 0 aliphatic rings. The van der Waals surface area contributed by atoms with Crippen LogP contribution in [-0.4, -0.2) is 25.6 Å². The van der Waals surface area contributed by atoms with E-state index >= 15 is 0 Å². The first-order chi connectivity index (χ1) is 14.1. The van der Waals surface area contributed by atoms with Crippen molar-refractivity contribution in [2.24, 2.45) is 0 Å². The summed E-state index contributed by atoms with van der Waals surface area (Å²) < 4.78 is 41.7. The third-order valence-electron chi connectivity index (χ3n) is 4.21. The average molecular weight is 497 g/mol. The van der Waals surface area contributed by atoms with E-state index in [1.54, 1.807) is 30.5 Å². The summed E-state index contributed by atoms with van der Waals surface area (Å²) in [6.07, 6.45) is -4.72. The second-order valence-corrected chi connectivity index (χ2v) is 8.12. The van der Waals surface area contributed by atoms with Gasteiger partial charge in [-0.1, -0.05) is 12.1 Å². The van der Waals surface area contributed by atoms with E-state index in [0.29, 0.717) is 9.39 Å². The molecule has 2 N–H and O–H groups in total. The van der Waals surface area contributed by atoms with E-state index in [0.717, 1.165) is 11.6 Å². The molecular formula is C19H12BrF3N4O2S. The van der Waals surface area contributed by atoms with Crippen molar-refractivity contribution >= 4 is 44.5 Å². The fourth-order valence-corrected chi connectivity index (χ4v) is 4.02. The zero-order chi connectivity index (χ0) is 21.6. The van der Waals surface area contributed by atoms with Gasteiger partial charge >= 0.3 is 6.18 Å². The number of benzene rings is 1. The first kappa shape index (κ1) is 20.4. The lowest BCUT2D eigenvalue weighted by atomic mass is 10.2. The van der Waals surface area contributed by atoms with E-state index < -0.39 is 17.8 Å². The molecule has 0 saturated carbocycles. The first-order valence-electron chi connectivity index (χ1n) is 8.46. The molecule has 0 spiro atoms. The van der Waals surface area contributed by atoms with E-state index in [1.807, 2.05) is 0 Å². The largest absolute Gasteiger partial charge is 0.506 e. The molecule has 0 unspecified atom stereocenters. The summed E-state index contributed by atoms with van der Waals surface area (Å²) in [5.41, 5.74) is -0.488. The third kappa shape index (κ3) is 3.65. The van der Waals surface area contributed by atoms with Crippen molar-refractivity contribution in [1.82, 2.24) is 14.6 Å². The number of phenols is 1. The molecule has 154 valence electrons. The van der Waals surface area contributed by atoms with Crippen molar-refractivity contribution in [3.8, 4) is 16.3 Å². The normalized spacial score (nSPS) is 11.8. The van der Waals surface area contributed by atoms with Gasteiger partial charge in [0.2, 0.25) is 0 Å². The minimum Gasteiger partial charge on any atom is -0.506 e. The fraction of sp³-hybridized carbons (Fsp3) is 0.105. The maximum atomic E-state index is 13.7. The van der Waals surface area contributed by atoms with Crippen LogP contribution < -0.4 is 5.32 Å². The molecule has 11 heteroatoms. The second-order valence-electron chi connectivity index (χ2n) is 6.37. The number of anilines is 1. The molecular weight excluding hydrogens is 485 g/mol. The number of carbonyl (C=O) groups is 1. The summed E-state index contributed by atoms with van der Waals surface area (Å²) in [5, 5.41) is 18.0. The van der Waals surface area contributed by atoms with Gasteiger partial charge in [-0.2, -0.15) is 18.3 Å². The van der Waals surface area contributed by atoms with Gasteiger partial charge in [0.1, 0.15) is 5.75 Å². The summed E-state index contributed by atoms with van der Waals surface area (Å²) in [7, 11) is 0. The van der Waals surface area contributed by atoms with Crippen molar-refractivity contribution < 1.29 is 23.1 Å². The molecule has 0 bridgehead atoms. The fourth-order valence-electron chi connectivity index (χ4n) is 2.82. The SMILES string of the molecule is Cc1ccc(O)c(NC(=O)c2nn3c(C(F)(F)F)cc(-c4cccs4)nc3c2Br)c1. The van der Waals surface area contributed by atoms with Crippen LogP contribution in [0.3, 0.4) is 0 Å². The Balaban J connectivity index is 1.85. The molecule has 0 fully saturated rings. The molecule has 0 aliphatic carbocycles. The Kier molecular flexibility index (Phi) is 5.02. The summed E-state index contributed by atoms with van der Waals surface area (Å²) in [6.45, 7) is 1.77. The molecule has 4 rings (SSSR count). The van der Waals surface area contributed by atoms with Crippen LogP contribution in [0, 0.1) is 6.92 Å². The predicted octanol–water partition coefficient (Wildman–Crippen LogP) is 5.51. The number of amides is 1. The highest BCUT2D eigenvalue weighted by molar-refractivity contribution is 9.10. The summed E-state index contributed by atoms with van der Waals surface area (Å²) >= 11 is 4.41. The molecule has 30 heavy (non-hydrogen) atoms. The van der Waals surface area contributed by atoms with E-state index in [9.17, 15) is 23.1 Å². The minimum absolute atomic E-state index is 0.0102. The molecule has 3 aromatic heterocycles. The number of nitrogens with one attached hydrogen (secondary N) is 1. The van der Waals surface area contributed by atoms with Crippen LogP contribution in [0.4, 0.5) is 18.9 Å². The molecule has 0 atom stereocenters. The van der Waals surface area contributed by atoms with Crippen LogP contribution in [0.25, 0.3) is 16.2 Å². The topological polar surface area (TPSA) is 79.5 Å². The van der Waals surface area contributed by atoms with Crippen LogP contribution in [0.1, 0.15) is 21.7 Å². The lowest BCUT2D eigenvalue weighted by molar-refractivity contribution is -0.142. The van der Waals surface area contributed by atoms with E-state index in [-0.39, 0.29) is 32.9 Å². The quantitative estimate of drug-likeness (QED) is 0.366. The Hall–Kier alpha value is -2.92. The highest BCUT2D eigenvalue weighted by Crippen LogP contribution is 2.36. The van der Waals surface area contributed by atoms with Crippen molar-refractivity contribution in [1.29, 1.82) is 0 Å². The first-order valence-corrected chi connectivity index (χ1v) is 10.1. The van der Waals surface area contributed by atoms with Crippen molar-refractivity contribution in [3.63, 3.8) is 0 Å². The number of halogens is 4. The third-order valence-corrected chi connectivity index (χ3v) is 5.83. The molecule has 1 amide bonds. The van der Waals surface area contributed by atoms with Gasteiger partial charge in [0, 0.05) is 0 Å². The lowest BCUT2D eigenvalue weighted by Crippen LogP contribution is -2.16. The number of carbonyl (C=O) groups excluding carboxylic acids is 1. The molecule has 0 saturated heterocycles. The van der Waals surface area contributed by atoms with Gasteiger partial charge in [-0.3, -0.25) is 4.79 Å². The van der Waals surface area contributed by atoms with E-state index in [4.69, 9.17) is 0 Å². The Morgan fingerprint density at radius 1 is 1.27 bits per heavy atom. The number of hydrogen-bond donors (Lipinski definition) is 2.